The Morgan fingerprint density at radius 3 is 2.73 bits per heavy atom. The van der Waals surface area contributed by atoms with Gasteiger partial charge in [-0.05, 0) is 37.0 Å². The molecule has 2 fully saturated rings. The van der Waals surface area contributed by atoms with Crippen molar-refractivity contribution in [2.45, 2.75) is 37.8 Å². The first-order valence-corrected chi connectivity index (χ1v) is 9.34. The number of hydrogen-bond donors (Lipinski definition) is 1. The second kappa shape index (κ2) is 7.11. The molecule has 1 atom stereocenters. The Hall–Kier alpha value is -2.34. The molecule has 0 radical (unpaired) electrons. The van der Waals surface area contributed by atoms with E-state index in [1.54, 1.807) is 6.07 Å². The van der Waals surface area contributed by atoms with Crippen LogP contribution in [0.4, 0.5) is 5.69 Å². The molecule has 1 N–H and O–H groups in total. The van der Waals surface area contributed by atoms with Crippen molar-refractivity contribution in [2.24, 2.45) is 0 Å². The largest absolute Gasteiger partial charge is 0.378 e. The van der Waals surface area contributed by atoms with Crippen LogP contribution in [0.5, 0.6) is 0 Å². The van der Waals surface area contributed by atoms with Crippen LogP contribution in [0.15, 0.2) is 34.9 Å². The SMILES string of the molecule is CN(C)c1ccc(CN2CCC(NC(=O)c3cc(C4CC4)on3)C2)cc1. The summed E-state index contributed by atoms with van der Waals surface area (Å²) in [5, 5.41) is 7.02. The lowest BCUT2D eigenvalue weighted by atomic mass is 10.2. The highest BCUT2D eigenvalue weighted by Gasteiger charge is 2.30. The Morgan fingerprint density at radius 2 is 2.04 bits per heavy atom. The molecular weight excluding hydrogens is 328 g/mol. The third kappa shape index (κ3) is 3.90. The summed E-state index contributed by atoms with van der Waals surface area (Å²) in [5.41, 5.74) is 2.91. The summed E-state index contributed by atoms with van der Waals surface area (Å²) in [4.78, 5) is 16.9. The number of aromatic nitrogens is 1. The fourth-order valence-corrected chi connectivity index (χ4v) is 3.47. The molecular formula is C20H26N4O2. The van der Waals surface area contributed by atoms with Crippen molar-refractivity contribution in [1.29, 1.82) is 0 Å². The van der Waals surface area contributed by atoms with Gasteiger partial charge in [0.15, 0.2) is 5.69 Å². The topological polar surface area (TPSA) is 61.6 Å². The van der Waals surface area contributed by atoms with E-state index >= 15 is 0 Å². The summed E-state index contributed by atoms with van der Waals surface area (Å²) in [6.45, 7) is 2.77. The predicted octanol–water partition coefficient (Wildman–Crippen LogP) is 2.62. The highest BCUT2D eigenvalue weighted by atomic mass is 16.5. The lowest BCUT2D eigenvalue weighted by Gasteiger charge is -2.18. The van der Waals surface area contributed by atoms with E-state index < -0.39 is 0 Å². The Balaban J connectivity index is 1.28. The van der Waals surface area contributed by atoms with Gasteiger partial charge in [-0.25, -0.2) is 0 Å². The van der Waals surface area contributed by atoms with Crippen molar-refractivity contribution in [2.75, 3.05) is 32.1 Å². The van der Waals surface area contributed by atoms with Gasteiger partial charge in [0.2, 0.25) is 0 Å². The Kier molecular flexibility index (Phi) is 4.68. The Bertz CT molecular complexity index is 764. The molecule has 1 amide bonds. The number of nitrogens with one attached hydrogen (secondary N) is 1. The summed E-state index contributed by atoms with van der Waals surface area (Å²) < 4.78 is 5.28. The summed E-state index contributed by atoms with van der Waals surface area (Å²) >= 11 is 0. The minimum Gasteiger partial charge on any atom is -0.378 e. The zero-order valence-corrected chi connectivity index (χ0v) is 15.4. The van der Waals surface area contributed by atoms with E-state index in [4.69, 9.17) is 4.52 Å². The van der Waals surface area contributed by atoms with Crippen molar-refractivity contribution in [3.05, 3.63) is 47.3 Å². The first-order valence-electron chi connectivity index (χ1n) is 9.34. The van der Waals surface area contributed by atoms with Crippen LogP contribution in [0.25, 0.3) is 0 Å². The molecule has 6 heteroatoms. The minimum atomic E-state index is -0.122. The van der Waals surface area contributed by atoms with Gasteiger partial charge in [-0.15, -0.1) is 0 Å². The minimum absolute atomic E-state index is 0.122. The number of carbonyl (C=O) groups is 1. The number of likely N-dealkylation sites (tertiary alicyclic amines) is 1. The number of amides is 1. The van der Waals surface area contributed by atoms with Crippen molar-refractivity contribution in [3.63, 3.8) is 0 Å². The molecule has 2 heterocycles. The third-order valence-corrected chi connectivity index (χ3v) is 5.21. The van der Waals surface area contributed by atoms with Crippen LogP contribution in [-0.4, -0.2) is 49.2 Å². The Morgan fingerprint density at radius 1 is 1.27 bits per heavy atom. The van der Waals surface area contributed by atoms with Crippen LogP contribution in [0.1, 0.15) is 47.0 Å². The van der Waals surface area contributed by atoms with Crippen molar-refractivity contribution in [3.8, 4) is 0 Å². The second-order valence-corrected chi connectivity index (χ2v) is 7.64. The zero-order valence-electron chi connectivity index (χ0n) is 15.4. The van der Waals surface area contributed by atoms with Gasteiger partial charge in [-0.1, -0.05) is 17.3 Å². The molecule has 4 rings (SSSR count). The van der Waals surface area contributed by atoms with Crippen LogP contribution in [0, 0.1) is 0 Å². The van der Waals surface area contributed by atoms with Gasteiger partial charge < -0.3 is 14.7 Å². The van der Waals surface area contributed by atoms with Crippen LogP contribution >= 0.6 is 0 Å². The van der Waals surface area contributed by atoms with E-state index in [1.807, 2.05) is 14.1 Å². The molecule has 6 nitrogen and oxygen atoms in total. The maximum Gasteiger partial charge on any atom is 0.273 e. The van der Waals surface area contributed by atoms with Gasteiger partial charge in [-0.2, -0.15) is 0 Å². The molecule has 2 aliphatic rings. The highest BCUT2D eigenvalue weighted by Crippen LogP contribution is 2.40. The summed E-state index contributed by atoms with van der Waals surface area (Å²) in [6, 6.07) is 10.6. The van der Waals surface area contributed by atoms with Gasteiger partial charge in [0.1, 0.15) is 5.76 Å². The number of anilines is 1. The van der Waals surface area contributed by atoms with E-state index in [0.29, 0.717) is 11.6 Å². The summed E-state index contributed by atoms with van der Waals surface area (Å²) in [7, 11) is 4.09. The van der Waals surface area contributed by atoms with Crippen LogP contribution < -0.4 is 10.2 Å². The predicted molar refractivity (Wildman–Crippen MR) is 100 cm³/mol. The molecule has 1 saturated carbocycles. The van der Waals surface area contributed by atoms with E-state index in [-0.39, 0.29) is 11.9 Å². The van der Waals surface area contributed by atoms with Gasteiger partial charge in [0, 0.05) is 57.4 Å². The van der Waals surface area contributed by atoms with Crippen molar-refractivity contribution in [1.82, 2.24) is 15.4 Å². The standard InChI is InChI=1S/C20H26N4O2/c1-23(2)17-7-3-14(4-8-17)12-24-10-9-16(13-24)21-20(25)18-11-19(26-22-18)15-5-6-15/h3-4,7-8,11,15-16H,5-6,9-10,12-13H2,1-2H3,(H,21,25). The summed E-state index contributed by atoms with van der Waals surface area (Å²) in [5.74, 6) is 1.21. The molecule has 0 spiro atoms. The van der Waals surface area contributed by atoms with Crippen LogP contribution in [-0.2, 0) is 6.54 Å². The maximum atomic E-state index is 12.4. The average molecular weight is 354 g/mol. The Labute approximate surface area is 154 Å². The molecule has 1 aromatic carbocycles. The van der Waals surface area contributed by atoms with Crippen molar-refractivity contribution >= 4 is 11.6 Å². The highest BCUT2D eigenvalue weighted by molar-refractivity contribution is 5.92. The fraction of sp³-hybridized carbons (Fsp3) is 0.500. The number of hydrogen-bond acceptors (Lipinski definition) is 5. The van der Waals surface area contributed by atoms with Gasteiger partial charge >= 0.3 is 0 Å². The molecule has 1 aliphatic heterocycles. The third-order valence-electron chi connectivity index (χ3n) is 5.21. The van der Waals surface area contributed by atoms with E-state index in [9.17, 15) is 4.79 Å². The average Bonchev–Trinajstić information content (AvgIpc) is 3.19. The molecule has 1 saturated heterocycles. The maximum absolute atomic E-state index is 12.4. The molecule has 2 aromatic rings. The lowest BCUT2D eigenvalue weighted by molar-refractivity contribution is 0.0928. The number of benzene rings is 1. The van der Waals surface area contributed by atoms with Crippen molar-refractivity contribution < 1.29 is 9.32 Å². The molecule has 138 valence electrons. The van der Waals surface area contributed by atoms with Gasteiger partial charge in [0.05, 0.1) is 0 Å². The first kappa shape index (κ1) is 17.1. The number of nitrogens with zero attached hydrogens (tertiary/aromatic N) is 3. The summed E-state index contributed by atoms with van der Waals surface area (Å²) in [6.07, 6.45) is 3.25. The fourth-order valence-electron chi connectivity index (χ4n) is 3.47. The van der Waals surface area contributed by atoms with E-state index in [1.165, 1.54) is 11.3 Å². The molecule has 1 aromatic heterocycles. The van der Waals surface area contributed by atoms with E-state index in [2.05, 4.69) is 44.5 Å². The van der Waals surface area contributed by atoms with Crippen LogP contribution in [0.3, 0.4) is 0 Å². The monoisotopic (exact) mass is 354 g/mol. The molecule has 26 heavy (non-hydrogen) atoms. The number of rotatable bonds is 6. The molecule has 1 aliphatic carbocycles. The molecule has 1 unspecified atom stereocenters. The lowest BCUT2D eigenvalue weighted by Crippen LogP contribution is -2.37. The number of carbonyl (C=O) groups excluding carboxylic acids is 1. The smallest absolute Gasteiger partial charge is 0.273 e. The van der Waals surface area contributed by atoms with Gasteiger partial charge in [0.25, 0.3) is 5.91 Å². The van der Waals surface area contributed by atoms with Gasteiger partial charge in [-0.3, -0.25) is 9.69 Å². The quantitative estimate of drug-likeness (QED) is 0.864. The molecule has 0 bridgehead atoms. The van der Waals surface area contributed by atoms with E-state index in [0.717, 1.165) is 44.7 Å². The van der Waals surface area contributed by atoms with Crippen LogP contribution in [0.2, 0.25) is 0 Å². The first-order chi connectivity index (χ1) is 12.6. The second-order valence-electron chi connectivity index (χ2n) is 7.64. The normalized spacial score (nSPS) is 20.3. The zero-order chi connectivity index (χ0) is 18.1.